The van der Waals surface area contributed by atoms with Gasteiger partial charge in [0, 0.05) is 13.6 Å². The van der Waals surface area contributed by atoms with Crippen LogP contribution in [0.25, 0.3) is 11.0 Å². The third-order valence-electron chi connectivity index (χ3n) is 3.15. The van der Waals surface area contributed by atoms with E-state index in [1.54, 1.807) is 0 Å². The van der Waals surface area contributed by atoms with Gasteiger partial charge in [-0.15, -0.1) is 0 Å². The SMILES string of the molecule is CCCCn1c(=O)n(C)c(=O)c2nc(C(F)F)[nH]c(=O)c21. The van der Waals surface area contributed by atoms with Crippen LogP contribution in [0.4, 0.5) is 8.78 Å². The van der Waals surface area contributed by atoms with Gasteiger partial charge in [-0.3, -0.25) is 18.7 Å². The summed E-state index contributed by atoms with van der Waals surface area (Å²) < 4.78 is 27.2. The second-order valence-corrected chi connectivity index (χ2v) is 4.60. The molecule has 0 amide bonds. The largest absolute Gasteiger partial charge is 0.331 e. The molecular weight excluding hydrogens is 286 g/mol. The summed E-state index contributed by atoms with van der Waals surface area (Å²) in [6.07, 6.45) is -1.65. The fraction of sp³-hybridized carbons (Fsp3) is 0.500. The molecule has 0 aliphatic rings. The Morgan fingerprint density at radius 2 is 1.95 bits per heavy atom. The Hall–Kier alpha value is -2.32. The molecule has 0 atom stereocenters. The zero-order valence-corrected chi connectivity index (χ0v) is 11.5. The topological polar surface area (TPSA) is 89.8 Å². The first kappa shape index (κ1) is 15.1. The molecule has 7 nitrogen and oxygen atoms in total. The molecule has 2 aromatic heterocycles. The van der Waals surface area contributed by atoms with E-state index in [9.17, 15) is 23.2 Å². The van der Waals surface area contributed by atoms with Crippen LogP contribution in [0, 0.1) is 0 Å². The zero-order chi connectivity index (χ0) is 15.7. The Morgan fingerprint density at radius 3 is 2.52 bits per heavy atom. The average molecular weight is 300 g/mol. The van der Waals surface area contributed by atoms with Gasteiger partial charge in [0.2, 0.25) is 0 Å². The van der Waals surface area contributed by atoms with Gasteiger partial charge in [-0.25, -0.2) is 18.6 Å². The van der Waals surface area contributed by atoms with Crippen molar-refractivity contribution in [2.24, 2.45) is 7.05 Å². The van der Waals surface area contributed by atoms with Crippen molar-refractivity contribution < 1.29 is 8.78 Å². The number of hydrogen-bond acceptors (Lipinski definition) is 4. The number of fused-ring (bicyclic) bond motifs is 1. The van der Waals surface area contributed by atoms with Gasteiger partial charge in [0.05, 0.1) is 0 Å². The first-order valence-electron chi connectivity index (χ1n) is 6.40. The van der Waals surface area contributed by atoms with Crippen LogP contribution in [-0.2, 0) is 13.6 Å². The van der Waals surface area contributed by atoms with Crippen molar-refractivity contribution in [1.82, 2.24) is 19.1 Å². The Balaban J connectivity index is 2.94. The molecule has 0 saturated carbocycles. The Morgan fingerprint density at radius 1 is 1.29 bits per heavy atom. The lowest BCUT2D eigenvalue weighted by atomic mass is 10.3. The molecule has 1 N–H and O–H groups in total. The van der Waals surface area contributed by atoms with E-state index in [4.69, 9.17) is 0 Å². The molecular formula is C12H14F2N4O3. The number of hydrogen-bond donors (Lipinski definition) is 1. The van der Waals surface area contributed by atoms with E-state index < -0.39 is 34.6 Å². The number of aromatic amines is 1. The van der Waals surface area contributed by atoms with Gasteiger partial charge in [-0.1, -0.05) is 13.3 Å². The van der Waals surface area contributed by atoms with E-state index in [1.165, 1.54) is 7.05 Å². The van der Waals surface area contributed by atoms with Crippen molar-refractivity contribution in [1.29, 1.82) is 0 Å². The van der Waals surface area contributed by atoms with Crippen LogP contribution in [0.2, 0.25) is 0 Å². The van der Waals surface area contributed by atoms with Crippen LogP contribution in [0.5, 0.6) is 0 Å². The highest BCUT2D eigenvalue weighted by molar-refractivity contribution is 5.72. The lowest BCUT2D eigenvalue weighted by Crippen LogP contribution is -2.41. The number of nitrogens with zero attached hydrogens (tertiary/aromatic N) is 3. The van der Waals surface area contributed by atoms with Crippen molar-refractivity contribution in [2.75, 3.05) is 0 Å². The number of aryl methyl sites for hydroxylation is 1. The first-order valence-corrected chi connectivity index (χ1v) is 6.40. The van der Waals surface area contributed by atoms with Crippen LogP contribution in [0.1, 0.15) is 32.0 Å². The van der Waals surface area contributed by atoms with Crippen LogP contribution < -0.4 is 16.8 Å². The minimum Gasteiger partial charge on any atom is -0.304 e. The highest BCUT2D eigenvalue weighted by atomic mass is 19.3. The highest BCUT2D eigenvalue weighted by Gasteiger charge is 2.19. The monoisotopic (exact) mass is 300 g/mol. The smallest absolute Gasteiger partial charge is 0.304 e. The fourth-order valence-corrected chi connectivity index (χ4v) is 2.03. The first-order chi connectivity index (χ1) is 9.88. The van der Waals surface area contributed by atoms with E-state index in [0.29, 0.717) is 6.42 Å². The molecule has 0 bridgehead atoms. The summed E-state index contributed by atoms with van der Waals surface area (Å²) >= 11 is 0. The maximum Gasteiger partial charge on any atom is 0.331 e. The third kappa shape index (κ3) is 2.50. The van der Waals surface area contributed by atoms with Gasteiger partial charge in [0.15, 0.2) is 11.3 Å². The van der Waals surface area contributed by atoms with Crippen molar-refractivity contribution in [3.05, 3.63) is 37.0 Å². The molecule has 2 heterocycles. The maximum absolute atomic E-state index is 12.7. The van der Waals surface area contributed by atoms with Crippen LogP contribution in [-0.4, -0.2) is 19.1 Å². The number of nitrogens with one attached hydrogen (secondary N) is 1. The summed E-state index contributed by atoms with van der Waals surface area (Å²) in [7, 11) is 1.22. The van der Waals surface area contributed by atoms with E-state index in [1.807, 2.05) is 11.9 Å². The van der Waals surface area contributed by atoms with E-state index in [0.717, 1.165) is 15.6 Å². The molecule has 0 aliphatic heterocycles. The number of unbranched alkanes of at least 4 members (excludes halogenated alkanes) is 1. The molecule has 2 aromatic rings. The van der Waals surface area contributed by atoms with E-state index in [2.05, 4.69) is 4.98 Å². The van der Waals surface area contributed by atoms with Crippen LogP contribution in [0.3, 0.4) is 0 Å². The Bertz CT molecular complexity index is 850. The molecule has 0 spiro atoms. The summed E-state index contributed by atoms with van der Waals surface area (Å²) in [5.74, 6) is -0.884. The van der Waals surface area contributed by atoms with Crippen LogP contribution in [0.15, 0.2) is 14.4 Å². The molecule has 21 heavy (non-hydrogen) atoms. The fourth-order valence-electron chi connectivity index (χ4n) is 2.03. The lowest BCUT2D eigenvalue weighted by Gasteiger charge is -2.11. The predicted octanol–water partition coefficient (Wildman–Crippen LogP) is 0.521. The van der Waals surface area contributed by atoms with Gasteiger partial charge in [0.1, 0.15) is 5.52 Å². The van der Waals surface area contributed by atoms with Crippen molar-refractivity contribution in [3.8, 4) is 0 Å². The van der Waals surface area contributed by atoms with Crippen molar-refractivity contribution in [3.63, 3.8) is 0 Å². The lowest BCUT2D eigenvalue weighted by molar-refractivity contribution is 0.140. The second kappa shape index (κ2) is 5.58. The van der Waals surface area contributed by atoms with Crippen molar-refractivity contribution in [2.45, 2.75) is 32.7 Å². The minimum absolute atomic E-state index is 0.207. The van der Waals surface area contributed by atoms with Crippen molar-refractivity contribution >= 4 is 11.0 Å². The summed E-state index contributed by atoms with van der Waals surface area (Å²) in [5.41, 5.74) is -3.14. The quantitative estimate of drug-likeness (QED) is 0.891. The van der Waals surface area contributed by atoms with Gasteiger partial charge in [-0.05, 0) is 6.42 Å². The van der Waals surface area contributed by atoms with Gasteiger partial charge in [-0.2, -0.15) is 0 Å². The molecule has 9 heteroatoms. The predicted molar refractivity (Wildman–Crippen MR) is 71.7 cm³/mol. The summed E-state index contributed by atoms with van der Waals surface area (Å²) in [5, 5.41) is 0. The summed E-state index contributed by atoms with van der Waals surface area (Å²) in [6, 6.07) is 0. The molecule has 0 aromatic carbocycles. The third-order valence-corrected chi connectivity index (χ3v) is 3.15. The van der Waals surface area contributed by atoms with E-state index in [-0.39, 0.29) is 12.1 Å². The van der Waals surface area contributed by atoms with Gasteiger partial charge >= 0.3 is 5.69 Å². The Labute approximate surface area is 116 Å². The maximum atomic E-state index is 12.7. The summed E-state index contributed by atoms with van der Waals surface area (Å²) in [4.78, 5) is 41.5. The molecule has 0 unspecified atom stereocenters. The number of H-pyrrole nitrogens is 1. The van der Waals surface area contributed by atoms with Gasteiger partial charge < -0.3 is 4.98 Å². The molecule has 0 saturated heterocycles. The number of alkyl halides is 2. The molecule has 114 valence electrons. The second-order valence-electron chi connectivity index (χ2n) is 4.60. The molecule has 0 fully saturated rings. The molecule has 0 aliphatic carbocycles. The normalized spacial score (nSPS) is 11.5. The average Bonchev–Trinajstić information content (AvgIpc) is 2.45. The number of aromatic nitrogens is 4. The van der Waals surface area contributed by atoms with E-state index >= 15 is 0 Å². The zero-order valence-electron chi connectivity index (χ0n) is 11.5. The number of halogens is 2. The summed E-state index contributed by atoms with van der Waals surface area (Å²) in [6.45, 7) is 2.10. The minimum atomic E-state index is -3.01. The Kier molecular flexibility index (Phi) is 4.01. The van der Waals surface area contributed by atoms with Crippen LogP contribution >= 0.6 is 0 Å². The molecule has 0 radical (unpaired) electrons. The number of rotatable bonds is 4. The standard InChI is InChI=1S/C12H14F2N4O3/c1-3-4-5-18-7-6(11(20)17(2)12(18)21)15-9(8(13)14)16-10(7)19/h8H,3-5H2,1-2H3,(H,15,16,19). The molecule has 2 rings (SSSR count). The highest BCUT2D eigenvalue weighted by Crippen LogP contribution is 2.13. The van der Waals surface area contributed by atoms with Gasteiger partial charge in [0.25, 0.3) is 17.5 Å².